The fourth-order valence-corrected chi connectivity index (χ4v) is 2.70. The van der Waals surface area contributed by atoms with E-state index in [2.05, 4.69) is 17.4 Å². The molecule has 0 spiro atoms. The quantitative estimate of drug-likeness (QED) is 0.947. The van der Waals surface area contributed by atoms with Crippen molar-refractivity contribution >= 4 is 6.09 Å². The van der Waals surface area contributed by atoms with Crippen molar-refractivity contribution in [1.29, 1.82) is 0 Å². The second-order valence-electron chi connectivity index (χ2n) is 5.36. The minimum atomic E-state index is -0.251. The van der Waals surface area contributed by atoms with E-state index in [0.717, 1.165) is 24.2 Å². The third kappa shape index (κ3) is 3.46. The van der Waals surface area contributed by atoms with Crippen LogP contribution in [0.3, 0.4) is 0 Å². The molecule has 4 nitrogen and oxygen atoms in total. The molecule has 22 heavy (non-hydrogen) atoms. The van der Waals surface area contributed by atoms with Gasteiger partial charge in [0.25, 0.3) is 0 Å². The highest BCUT2D eigenvalue weighted by Crippen LogP contribution is 2.23. The second-order valence-corrected chi connectivity index (χ2v) is 5.36. The SMILES string of the molecule is O=C(OCc1ccccc1)N1CCNC[C@@H]1c1ccccc1. The van der Waals surface area contributed by atoms with Gasteiger partial charge in [0, 0.05) is 19.6 Å². The van der Waals surface area contributed by atoms with Gasteiger partial charge in [0.2, 0.25) is 0 Å². The number of hydrogen-bond acceptors (Lipinski definition) is 3. The van der Waals surface area contributed by atoms with E-state index in [1.807, 2.05) is 53.4 Å². The van der Waals surface area contributed by atoms with Gasteiger partial charge >= 0.3 is 6.09 Å². The summed E-state index contributed by atoms with van der Waals surface area (Å²) in [5.41, 5.74) is 2.13. The van der Waals surface area contributed by atoms with E-state index < -0.39 is 0 Å². The van der Waals surface area contributed by atoms with Gasteiger partial charge < -0.3 is 10.1 Å². The van der Waals surface area contributed by atoms with E-state index >= 15 is 0 Å². The van der Waals surface area contributed by atoms with Crippen LogP contribution in [0.4, 0.5) is 4.79 Å². The van der Waals surface area contributed by atoms with Crippen LogP contribution >= 0.6 is 0 Å². The molecule has 1 amide bonds. The Morgan fingerprint density at radius 2 is 1.77 bits per heavy atom. The van der Waals surface area contributed by atoms with Crippen molar-refractivity contribution in [3.8, 4) is 0 Å². The molecule has 1 N–H and O–H groups in total. The molecule has 2 aromatic rings. The molecule has 0 radical (unpaired) electrons. The molecule has 2 aromatic carbocycles. The van der Waals surface area contributed by atoms with E-state index in [1.54, 1.807) is 0 Å². The molecule has 0 aromatic heterocycles. The molecule has 1 atom stereocenters. The molecule has 3 rings (SSSR count). The van der Waals surface area contributed by atoms with Crippen molar-refractivity contribution in [1.82, 2.24) is 10.2 Å². The van der Waals surface area contributed by atoms with E-state index in [1.165, 1.54) is 0 Å². The summed E-state index contributed by atoms with van der Waals surface area (Å²) in [5.74, 6) is 0. The maximum Gasteiger partial charge on any atom is 0.410 e. The Balaban J connectivity index is 1.66. The number of benzene rings is 2. The Labute approximate surface area is 130 Å². The molecule has 0 bridgehead atoms. The maximum atomic E-state index is 12.4. The number of carbonyl (C=O) groups is 1. The number of hydrogen-bond donors (Lipinski definition) is 1. The summed E-state index contributed by atoms with van der Waals surface area (Å²) in [6.07, 6.45) is -0.251. The van der Waals surface area contributed by atoms with E-state index in [0.29, 0.717) is 13.2 Å². The normalized spacial score (nSPS) is 18.0. The molecule has 0 unspecified atom stereocenters. The molecule has 1 aliphatic rings. The molecule has 4 heteroatoms. The Morgan fingerprint density at radius 1 is 1.09 bits per heavy atom. The number of ether oxygens (including phenoxy) is 1. The topological polar surface area (TPSA) is 41.6 Å². The van der Waals surface area contributed by atoms with Crippen LogP contribution in [0.25, 0.3) is 0 Å². The molecule has 1 fully saturated rings. The highest BCUT2D eigenvalue weighted by Gasteiger charge is 2.28. The smallest absolute Gasteiger partial charge is 0.410 e. The van der Waals surface area contributed by atoms with Gasteiger partial charge in [0.15, 0.2) is 0 Å². The number of nitrogens with zero attached hydrogens (tertiary/aromatic N) is 1. The van der Waals surface area contributed by atoms with E-state index in [4.69, 9.17) is 4.74 Å². The van der Waals surface area contributed by atoms with Crippen LogP contribution in [0.15, 0.2) is 60.7 Å². The van der Waals surface area contributed by atoms with Crippen molar-refractivity contribution < 1.29 is 9.53 Å². The lowest BCUT2D eigenvalue weighted by molar-refractivity contribution is 0.0720. The number of nitrogens with one attached hydrogen (secondary N) is 1. The van der Waals surface area contributed by atoms with Crippen LogP contribution in [-0.4, -0.2) is 30.6 Å². The highest BCUT2D eigenvalue weighted by atomic mass is 16.6. The molecular formula is C18H20N2O2. The molecule has 114 valence electrons. The number of rotatable bonds is 3. The van der Waals surface area contributed by atoms with Crippen LogP contribution in [0.2, 0.25) is 0 Å². The van der Waals surface area contributed by atoms with Gasteiger partial charge in [-0.3, -0.25) is 4.90 Å². The van der Waals surface area contributed by atoms with Gasteiger partial charge in [-0.25, -0.2) is 4.79 Å². The van der Waals surface area contributed by atoms with E-state index in [-0.39, 0.29) is 12.1 Å². The monoisotopic (exact) mass is 296 g/mol. The summed E-state index contributed by atoms with van der Waals surface area (Å²) >= 11 is 0. The minimum Gasteiger partial charge on any atom is -0.445 e. The third-order valence-corrected chi connectivity index (χ3v) is 3.87. The summed E-state index contributed by atoms with van der Waals surface area (Å²) < 4.78 is 5.48. The molecule has 0 aliphatic carbocycles. The van der Waals surface area contributed by atoms with E-state index in [9.17, 15) is 4.79 Å². The Bertz CT molecular complexity index is 601. The Kier molecular flexibility index (Phi) is 4.71. The lowest BCUT2D eigenvalue weighted by Gasteiger charge is -2.35. The van der Waals surface area contributed by atoms with Gasteiger partial charge in [-0.2, -0.15) is 0 Å². The first kappa shape index (κ1) is 14.6. The van der Waals surface area contributed by atoms with Crippen LogP contribution in [0.1, 0.15) is 17.2 Å². The average molecular weight is 296 g/mol. The Hall–Kier alpha value is -2.33. The van der Waals surface area contributed by atoms with Gasteiger partial charge in [-0.15, -0.1) is 0 Å². The summed E-state index contributed by atoms with van der Waals surface area (Å²) in [4.78, 5) is 14.2. The van der Waals surface area contributed by atoms with Crippen molar-refractivity contribution in [3.05, 3.63) is 71.8 Å². The van der Waals surface area contributed by atoms with Gasteiger partial charge in [-0.05, 0) is 11.1 Å². The van der Waals surface area contributed by atoms with Crippen LogP contribution < -0.4 is 5.32 Å². The number of carbonyl (C=O) groups excluding carboxylic acids is 1. The van der Waals surface area contributed by atoms with Crippen molar-refractivity contribution in [2.75, 3.05) is 19.6 Å². The van der Waals surface area contributed by atoms with Gasteiger partial charge in [0.1, 0.15) is 6.61 Å². The first-order valence-corrected chi connectivity index (χ1v) is 7.57. The second kappa shape index (κ2) is 7.09. The number of piperazine rings is 1. The predicted octanol–water partition coefficient (Wildman–Crippen LogP) is 2.97. The average Bonchev–Trinajstić information content (AvgIpc) is 2.61. The predicted molar refractivity (Wildman–Crippen MR) is 85.4 cm³/mol. The zero-order valence-electron chi connectivity index (χ0n) is 12.4. The van der Waals surface area contributed by atoms with Crippen LogP contribution in [0, 0.1) is 0 Å². The lowest BCUT2D eigenvalue weighted by atomic mass is 10.0. The summed E-state index contributed by atoms with van der Waals surface area (Å²) in [6, 6.07) is 19.9. The molecule has 1 saturated heterocycles. The van der Waals surface area contributed by atoms with Crippen molar-refractivity contribution in [2.45, 2.75) is 12.6 Å². The maximum absolute atomic E-state index is 12.4. The molecule has 1 aliphatic heterocycles. The first-order chi connectivity index (χ1) is 10.8. The van der Waals surface area contributed by atoms with Gasteiger partial charge in [-0.1, -0.05) is 60.7 Å². The zero-order valence-corrected chi connectivity index (χ0v) is 12.4. The molecule has 0 saturated carbocycles. The minimum absolute atomic E-state index is 0.0261. The third-order valence-electron chi connectivity index (χ3n) is 3.87. The molecule has 1 heterocycles. The zero-order chi connectivity index (χ0) is 15.2. The summed E-state index contributed by atoms with van der Waals surface area (Å²) in [6.45, 7) is 2.52. The Morgan fingerprint density at radius 3 is 2.50 bits per heavy atom. The fraction of sp³-hybridized carbons (Fsp3) is 0.278. The van der Waals surface area contributed by atoms with Crippen molar-refractivity contribution in [3.63, 3.8) is 0 Å². The largest absolute Gasteiger partial charge is 0.445 e. The van der Waals surface area contributed by atoms with Crippen LogP contribution in [0.5, 0.6) is 0 Å². The molecular weight excluding hydrogens is 276 g/mol. The van der Waals surface area contributed by atoms with Gasteiger partial charge in [0.05, 0.1) is 6.04 Å². The standard InChI is InChI=1S/C18H20N2O2/c21-18(22-14-15-7-3-1-4-8-15)20-12-11-19-13-17(20)16-9-5-2-6-10-16/h1-10,17,19H,11-14H2/t17-/m1/s1. The van der Waals surface area contributed by atoms with Crippen LogP contribution in [-0.2, 0) is 11.3 Å². The first-order valence-electron chi connectivity index (χ1n) is 7.57. The fourth-order valence-electron chi connectivity index (χ4n) is 2.70. The summed E-state index contributed by atoms with van der Waals surface area (Å²) in [7, 11) is 0. The van der Waals surface area contributed by atoms with Crippen molar-refractivity contribution in [2.24, 2.45) is 0 Å². The summed E-state index contributed by atoms with van der Waals surface area (Å²) in [5, 5.41) is 3.34. The number of amides is 1. The lowest BCUT2D eigenvalue weighted by Crippen LogP contribution is -2.48. The highest BCUT2D eigenvalue weighted by molar-refractivity contribution is 5.68.